The number of ether oxygens (including phenoxy) is 2. The summed E-state index contributed by atoms with van der Waals surface area (Å²) in [6.45, 7) is 3.41. The number of halogens is 1. The molecule has 1 amide bonds. The molecule has 2 aromatic carbocycles. The second-order valence-electron chi connectivity index (χ2n) is 6.26. The highest BCUT2D eigenvalue weighted by Crippen LogP contribution is 2.32. The fourth-order valence-electron chi connectivity index (χ4n) is 3.20. The first-order valence-electron chi connectivity index (χ1n) is 8.94. The van der Waals surface area contributed by atoms with Gasteiger partial charge in [-0.15, -0.1) is 0 Å². The molecule has 144 valence electrons. The van der Waals surface area contributed by atoms with E-state index in [2.05, 4.69) is 16.2 Å². The molecule has 2 unspecified atom stereocenters. The third kappa shape index (κ3) is 4.53. The molecule has 6 nitrogen and oxygen atoms in total. The van der Waals surface area contributed by atoms with Gasteiger partial charge in [-0.3, -0.25) is 10.2 Å². The van der Waals surface area contributed by atoms with Gasteiger partial charge in [0.25, 0.3) is 0 Å². The molecule has 1 saturated heterocycles. The summed E-state index contributed by atoms with van der Waals surface area (Å²) in [6.07, 6.45) is 0. The van der Waals surface area contributed by atoms with Crippen LogP contribution in [0.15, 0.2) is 42.5 Å². The van der Waals surface area contributed by atoms with Gasteiger partial charge in [0, 0.05) is 18.7 Å². The van der Waals surface area contributed by atoms with Gasteiger partial charge in [0.05, 0.1) is 30.7 Å². The molecule has 2 atom stereocenters. The topological polar surface area (TPSA) is 71.6 Å². The number of benzene rings is 2. The van der Waals surface area contributed by atoms with Gasteiger partial charge < -0.3 is 14.8 Å². The van der Waals surface area contributed by atoms with Crippen molar-refractivity contribution in [2.45, 2.75) is 19.5 Å². The number of nitrogens with one attached hydrogen (secondary N) is 3. The number of hydrogen-bond acceptors (Lipinski definition) is 5. The van der Waals surface area contributed by atoms with Crippen LogP contribution in [0.2, 0.25) is 5.02 Å². The van der Waals surface area contributed by atoms with E-state index in [0.29, 0.717) is 30.5 Å². The van der Waals surface area contributed by atoms with Crippen molar-refractivity contribution in [1.82, 2.24) is 16.2 Å². The summed E-state index contributed by atoms with van der Waals surface area (Å²) in [6, 6.07) is 13.1. The van der Waals surface area contributed by atoms with Crippen molar-refractivity contribution < 1.29 is 14.3 Å². The summed E-state index contributed by atoms with van der Waals surface area (Å²) in [5.74, 6) is 1.11. The fourth-order valence-corrected chi connectivity index (χ4v) is 3.45. The van der Waals surface area contributed by atoms with Gasteiger partial charge in [-0.1, -0.05) is 35.9 Å². The minimum Gasteiger partial charge on any atom is -0.496 e. The Morgan fingerprint density at radius 3 is 2.81 bits per heavy atom. The second-order valence-corrected chi connectivity index (χ2v) is 6.67. The number of amides is 1. The zero-order chi connectivity index (χ0) is 19.2. The minimum absolute atomic E-state index is 0.0339. The van der Waals surface area contributed by atoms with Crippen LogP contribution in [0.25, 0.3) is 0 Å². The van der Waals surface area contributed by atoms with Crippen LogP contribution in [-0.2, 0) is 11.3 Å². The average molecular weight is 390 g/mol. The van der Waals surface area contributed by atoms with E-state index in [9.17, 15) is 4.79 Å². The Kier molecular flexibility index (Phi) is 6.55. The van der Waals surface area contributed by atoms with Gasteiger partial charge in [-0.2, -0.15) is 0 Å². The van der Waals surface area contributed by atoms with Crippen LogP contribution in [0.4, 0.5) is 0 Å². The van der Waals surface area contributed by atoms with Gasteiger partial charge in [0.15, 0.2) is 0 Å². The lowest BCUT2D eigenvalue weighted by Gasteiger charge is -2.19. The van der Waals surface area contributed by atoms with Crippen LogP contribution in [0.5, 0.6) is 11.5 Å². The lowest BCUT2D eigenvalue weighted by atomic mass is 9.94. The molecule has 0 aromatic heterocycles. The van der Waals surface area contributed by atoms with E-state index in [1.807, 2.05) is 49.4 Å². The van der Waals surface area contributed by atoms with Gasteiger partial charge in [0.2, 0.25) is 5.91 Å². The number of hydrogen-bond donors (Lipinski definition) is 3. The van der Waals surface area contributed by atoms with Crippen LogP contribution in [0.3, 0.4) is 0 Å². The Labute approximate surface area is 164 Å². The second kappa shape index (κ2) is 9.08. The van der Waals surface area contributed by atoms with Crippen LogP contribution in [0.1, 0.15) is 24.1 Å². The molecule has 0 radical (unpaired) electrons. The largest absolute Gasteiger partial charge is 0.496 e. The summed E-state index contributed by atoms with van der Waals surface area (Å²) < 4.78 is 10.8. The number of carbonyl (C=O) groups excluding carboxylic acids is 1. The van der Waals surface area contributed by atoms with Crippen molar-refractivity contribution in [3.05, 3.63) is 58.6 Å². The number of methoxy groups -OCH3 is 1. The molecule has 3 rings (SSSR count). The monoisotopic (exact) mass is 389 g/mol. The summed E-state index contributed by atoms with van der Waals surface area (Å²) in [5.41, 5.74) is 8.11. The number of para-hydroxylation sites is 1. The first-order chi connectivity index (χ1) is 13.1. The van der Waals surface area contributed by atoms with Gasteiger partial charge in [0.1, 0.15) is 11.5 Å². The van der Waals surface area contributed by atoms with Crippen LogP contribution in [-0.4, -0.2) is 26.2 Å². The fraction of sp³-hybridized carbons (Fsp3) is 0.350. The number of rotatable bonds is 7. The molecule has 1 aliphatic heterocycles. The highest BCUT2D eigenvalue weighted by molar-refractivity contribution is 6.32. The minimum atomic E-state index is -0.256. The SMILES string of the molecule is CCOc1ccc(C2NNCC2C(=O)NCc2ccccc2OC)cc1Cl. The van der Waals surface area contributed by atoms with Crippen molar-refractivity contribution in [3.63, 3.8) is 0 Å². The van der Waals surface area contributed by atoms with Gasteiger partial charge in [-0.25, -0.2) is 5.43 Å². The molecule has 2 aromatic rings. The standard InChI is InChI=1S/C20H24ClN3O3/c1-3-27-18-9-8-13(10-16(18)21)19-15(12-23-24-19)20(25)22-11-14-6-4-5-7-17(14)26-2/h4-10,15,19,23-24H,3,11-12H2,1-2H3,(H,22,25). The summed E-state index contributed by atoms with van der Waals surface area (Å²) >= 11 is 6.30. The molecule has 0 saturated carbocycles. The lowest BCUT2D eigenvalue weighted by molar-refractivity contribution is -0.125. The molecule has 0 spiro atoms. The Balaban J connectivity index is 1.68. The molecule has 0 bridgehead atoms. The van der Waals surface area contributed by atoms with Gasteiger partial charge in [-0.05, 0) is 30.7 Å². The molecule has 27 heavy (non-hydrogen) atoms. The quantitative estimate of drug-likeness (QED) is 0.679. The molecule has 0 aliphatic carbocycles. The molecule has 7 heteroatoms. The normalized spacial score (nSPS) is 18.9. The lowest BCUT2D eigenvalue weighted by Crippen LogP contribution is -2.34. The maximum atomic E-state index is 12.8. The predicted octanol–water partition coefficient (Wildman–Crippen LogP) is 2.83. The summed E-state index contributed by atoms with van der Waals surface area (Å²) in [5, 5.41) is 3.54. The molecule has 1 aliphatic rings. The average Bonchev–Trinajstić information content (AvgIpc) is 3.18. The zero-order valence-electron chi connectivity index (χ0n) is 15.4. The highest BCUT2D eigenvalue weighted by atomic mass is 35.5. The number of hydrazine groups is 1. The van der Waals surface area contributed by atoms with E-state index in [0.717, 1.165) is 16.9 Å². The number of carbonyl (C=O) groups is 1. The van der Waals surface area contributed by atoms with Crippen molar-refractivity contribution >= 4 is 17.5 Å². The van der Waals surface area contributed by atoms with E-state index in [1.165, 1.54) is 0 Å². The van der Waals surface area contributed by atoms with Crippen LogP contribution >= 0.6 is 11.6 Å². The molecular weight excluding hydrogens is 366 g/mol. The third-order valence-electron chi connectivity index (χ3n) is 4.58. The molecule has 3 N–H and O–H groups in total. The van der Waals surface area contributed by atoms with E-state index < -0.39 is 0 Å². The van der Waals surface area contributed by atoms with Gasteiger partial charge >= 0.3 is 0 Å². The van der Waals surface area contributed by atoms with Crippen molar-refractivity contribution in [3.8, 4) is 11.5 Å². The van der Waals surface area contributed by atoms with E-state index >= 15 is 0 Å². The third-order valence-corrected chi connectivity index (χ3v) is 4.87. The molecule has 1 fully saturated rings. The Bertz CT molecular complexity index is 800. The Morgan fingerprint density at radius 2 is 2.07 bits per heavy atom. The summed E-state index contributed by atoms with van der Waals surface area (Å²) in [4.78, 5) is 12.8. The maximum absolute atomic E-state index is 12.8. The van der Waals surface area contributed by atoms with E-state index in [1.54, 1.807) is 7.11 Å². The van der Waals surface area contributed by atoms with Crippen LogP contribution < -0.4 is 25.6 Å². The molecule has 1 heterocycles. The zero-order valence-corrected chi connectivity index (χ0v) is 16.2. The predicted molar refractivity (Wildman–Crippen MR) is 105 cm³/mol. The maximum Gasteiger partial charge on any atom is 0.226 e. The first-order valence-corrected chi connectivity index (χ1v) is 9.32. The first kappa shape index (κ1) is 19.5. The molecular formula is C20H24ClN3O3. The van der Waals surface area contributed by atoms with E-state index in [-0.39, 0.29) is 17.9 Å². The van der Waals surface area contributed by atoms with Crippen molar-refractivity contribution in [2.75, 3.05) is 20.3 Å². The Morgan fingerprint density at radius 1 is 1.26 bits per heavy atom. The smallest absolute Gasteiger partial charge is 0.226 e. The van der Waals surface area contributed by atoms with Crippen molar-refractivity contribution in [2.24, 2.45) is 5.92 Å². The highest BCUT2D eigenvalue weighted by Gasteiger charge is 2.34. The Hall–Kier alpha value is -2.28. The van der Waals surface area contributed by atoms with E-state index in [4.69, 9.17) is 21.1 Å². The van der Waals surface area contributed by atoms with Crippen molar-refractivity contribution in [1.29, 1.82) is 0 Å². The van der Waals surface area contributed by atoms with Crippen LogP contribution in [0, 0.1) is 5.92 Å². The summed E-state index contributed by atoms with van der Waals surface area (Å²) in [7, 11) is 1.62.